The van der Waals surface area contributed by atoms with Gasteiger partial charge in [0.05, 0.1) is 0 Å². The van der Waals surface area contributed by atoms with Crippen LogP contribution < -0.4 is 10.1 Å². The van der Waals surface area contributed by atoms with Gasteiger partial charge in [0, 0.05) is 0 Å². The van der Waals surface area contributed by atoms with Crippen molar-refractivity contribution < 1.29 is 23.8 Å². The maximum atomic E-state index is 13.4. The molecule has 1 rings (SSSR count). The Morgan fingerprint density at radius 1 is 1.38 bits per heavy atom. The molecule has 0 aliphatic heterocycles. The number of carbonyl (C=O) groups is 2. The van der Waals surface area contributed by atoms with Crippen molar-refractivity contribution in [2.75, 3.05) is 6.61 Å². The third-order valence-corrected chi connectivity index (χ3v) is 2.79. The Balaban J connectivity index is 2.56. The van der Waals surface area contributed by atoms with Gasteiger partial charge in [-0.15, -0.1) is 0 Å². The summed E-state index contributed by atoms with van der Waals surface area (Å²) >= 11 is 0. The molecule has 5 nitrogen and oxygen atoms in total. The highest BCUT2D eigenvalue weighted by atomic mass is 19.1. The Kier molecular flexibility index (Phi) is 6.14. The minimum atomic E-state index is -1.10. The number of rotatable bonds is 7. The maximum Gasteiger partial charge on any atom is 0.326 e. The Labute approximate surface area is 123 Å². The molecule has 1 atom stereocenters. The van der Waals surface area contributed by atoms with Crippen LogP contribution in [0, 0.1) is 18.7 Å². The lowest BCUT2D eigenvalue weighted by molar-refractivity contribution is -0.142. The number of hydrogen-bond acceptors (Lipinski definition) is 3. The van der Waals surface area contributed by atoms with E-state index < -0.39 is 30.3 Å². The molecule has 0 aliphatic carbocycles. The van der Waals surface area contributed by atoms with Gasteiger partial charge in [0.15, 0.2) is 18.2 Å². The fourth-order valence-electron chi connectivity index (χ4n) is 1.79. The van der Waals surface area contributed by atoms with E-state index in [1.807, 2.05) is 13.8 Å². The van der Waals surface area contributed by atoms with Crippen molar-refractivity contribution in [3.63, 3.8) is 0 Å². The van der Waals surface area contributed by atoms with E-state index in [0.717, 1.165) is 5.56 Å². The van der Waals surface area contributed by atoms with Crippen LogP contribution in [0.4, 0.5) is 4.39 Å². The lowest BCUT2D eigenvalue weighted by atomic mass is 10.0. The second kappa shape index (κ2) is 7.61. The van der Waals surface area contributed by atoms with Crippen molar-refractivity contribution in [1.29, 1.82) is 0 Å². The molecule has 1 aromatic carbocycles. The average molecular weight is 297 g/mol. The summed E-state index contributed by atoms with van der Waals surface area (Å²) in [5.41, 5.74) is 0.801. The highest BCUT2D eigenvalue weighted by Crippen LogP contribution is 2.18. The Hall–Kier alpha value is -2.11. The lowest BCUT2D eigenvalue weighted by Crippen LogP contribution is -2.43. The molecule has 0 bridgehead atoms. The molecule has 2 N–H and O–H groups in total. The molecule has 0 saturated heterocycles. The van der Waals surface area contributed by atoms with Gasteiger partial charge in [-0.3, -0.25) is 4.79 Å². The molecule has 0 fully saturated rings. The minimum absolute atomic E-state index is 0.0270. The summed E-state index contributed by atoms with van der Waals surface area (Å²) in [7, 11) is 0. The molecule has 0 aliphatic rings. The number of carboxylic acid groups (broad SMARTS) is 1. The van der Waals surface area contributed by atoms with Gasteiger partial charge in [-0.1, -0.05) is 19.9 Å². The van der Waals surface area contributed by atoms with Gasteiger partial charge >= 0.3 is 5.97 Å². The van der Waals surface area contributed by atoms with Crippen LogP contribution in [-0.2, 0) is 9.59 Å². The SMILES string of the molecule is Cc1ccc(F)c(OCC(=O)N[C@@H](CC(C)C)C(=O)O)c1. The van der Waals surface area contributed by atoms with Crippen molar-refractivity contribution in [2.45, 2.75) is 33.2 Å². The van der Waals surface area contributed by atoms with Gasteiger partial charge in [0.1, 0.15) is 6.04 Å². The van der Waals surface area contributed by atoms with Gasteiger partial charge in [0.2, 0.25) is 0 Å². The number of ether oxygens (including phenoxy) is 1. The van der Waals surface area contributed by atoms with E-state index in [9.17, 15) is 14.0 Å². The average Bonchev–Trinajstić information content (AvgIpc) is 2.38. The molecule has 0 saturated carbocycles. The van der Waals surface area contributed by atoms with Gasteiger partial charge in [-0.25, -0.2) is 9.18 Å². The maximum absolute atomic E-state index is 13.4. The fourth-order valence-corrected chi connectivity index (χ4v) is 1.79. The second-order valence-electron chi connectivity index (χ2n) is 5.31. The standard InChI is InChI=1S/C15H20FNO4/c1-9(2)6-12(15(19)20)17-14(18)8-21-13-7-10(3)4-5-11(13)16/h4-5,7,9,12H,6,8H2,1-3H3,(H,17,18)(H,19,20)/t12-/m0/s1. The van der Waals surface area contributed by atoms with Crippen molar-refractivity contribution in [3.8, 4) is 5.75 Å². The molecule has 0 unspecified atom stereocenters. The summed E-state index contributed by atoms with van der Waals surface area (Å²) in [5.74, 6) is -2.16. The molecule has 1 amide bonds. The number of aryl methyl sites for hydroxylation is 1. The number of amides is 1. The van der Waals surface area contributed by atoms with E-state index in [1.54, 1.807) is 13.0 Å². The summed E-state index contributed by atoms with van der Waals surface area (Å²) in [5, 5.41) is 11.4. The Morgan fingerprint density at radius 3 is 2.62 bits per heavy atom. The third kappa shape index (κ3) is 5.81. The summed E-state index contributed by atoms with van der Waals surface area (Å²) in [4.78, 5) is 22.7. The van der Waals surface area contributed by atoms with E-state index in [1.165, 1.54) is 12.1 Å². The number of hydrogen-bond donors (Lipinski definition) is 2. The van der Waals surface area contributed by atoms with Gasteiger partial charge in [-0.05, 0) is 37.0 Å². The first-order chi connectivity index (χ1) is 9.79. The monoisotopic (exact) mass is 297 g/mol. The Morgan fingerprint density at radius 2 is 2.05 bits per heavy atom. The number of carbonyl (C=O) groups excluding carboxylic acids is 1. The van der Waals surface area contributed by atoms with Crippen LogP contribution in [0.2, 0.25) is 0 Å². The van der Waals surface area contributed by atoms with Crippen LogP contribution in [-0.4, -0.2) is 29.6 Å². The highest BCUT2D eigenvalue weighted by Gasteiger charge is 2.21. The van der Waals surface area contributed by atoms with Gasteiger partial charge in [0.25, 0.3) is 5.91 Å². The number of nitrogens with one attached hydrogen (secondary N) is 1. The summed E-state index contributed by atoms with van der Waals surface area (Å²) < 4.78 is 18.5. The first kappa shape index (κ1) is 16.9. The third-order valence-electron chi connectivity index (χ3n) is 2.79. The molecule has 0 radical (unpaired) electrons. The first-order valence-electron chi connectivity index (χ1n) is 6.70. The predicted molar refractivity (Wildman–Crippen MR) is 75.7 cm³/mol. The zero-order chi connectivity index (χ0) is 16.0. The van der Waals surface area contributed by atoms with Crippen LogP contribution >= 0.6 is 0 Å². The summed E-state index contributed by atoms with van der Waals surface area (Å²) in [6.07, 6.45) is 0.319. The number of benzene rings is 1. The number of aliphatic carboxylic acids is 1. The van der Waals surface area contributed by atoms with Crippen molar-refractivity contribution in [3.05, 3.63) is 29.6 Å². The fraction of sp³-hybridized carbons (Fsp3) is 0.467. The van der Waals surface area contributed by atoms with E-state index in [4.69, 9.17) is 9.84 Å². The van der Waals surface area contributed by atoms with E-state index in [-0.39, 0.29) is 11.7 Å². The zero-order valence-electron chi connectivity index (χ0n) is 12.4. The topological polar surface area (TPSA) is 75.6 Å². The molecule has 6 heteroatoms. The van der Waals surface area contributed by atoms with Crippen molar-refractivity contribution >= 4 is 11.9 Å². The quantitative estimate of drug-likeness (QED) is 0.808. The van der Waals surface area contributed by atoms with Crippen molar-refractivity contribution in [1.82, 2.24) is 5.32 Å². The molecule has 0 aromatic heterocycles. The normalized spacial score (nSPS) is 12.0. The molecule has 0 spiro atoms. The first-order valence-corrected chi connectivity index (χ1v) is 6.70. The highest BCUT2D eigenvalue weighted by molar-refractivity contribution is 5.84. The zero-order valence-corrected chi connectivity index (χ0v) is 12.4. The van der Waals surface area contributed by atoms with Crippen LogP contribution in [0.5, 0.6) is 5.75 Å². The molecule has 116 valence electrons. The van der Waals surface area contributed by atoms with Crippen LogP contribution in [0.1, 0.15) is 25.8 Å². The second-order valence-corrected chi connectivity index (χ2v) is 5.31. The smallest absolute Gasteiger partial charge is 0.326 e. The summed E-state index contributed by atoms with van der Waals surface area (Å²) in [6, 6.07) is 3.35. The van der Waals surface area contributed by atoms with Crippen LogP contribution in [0.3, 0.4) is 0 Å². The summed E-state index contributed by atoms with van der Waals surface area (Å²) in [6.45, 7) is 5.07. The minimum Gasteiger partial charge on any atom is -0.481 e. The lowest BCUT2D eigenvalue weighted by Gasteiger charge is -2.16. The Bertz CT molecular complexity index is 516. The number of carboxylic acids is 1. The predicted octanol–water partition coefficient (Wildman–Crippen LogP) is 2.13. The molecule has 21 heavy (non-hydrogen) atoms. The van der Waals surface area contributed by atoms with Crippen molar-refractivity contribution in [2.24, 2.45) is 5.92 Å². The molecular weight excluding hydrogens is 277 g/mol. The molecular formula is C15H20FNO4. The number of halogens is 1. The van der Waals surface area contributed by atoms with E-state index in [0.29, 0.717) is 6.42 Å². The largest absolute Gasteiger partial charge is 0.481 e. The molecule has 0 heterocycles. The van der Waals surface area contributed by atoms with Gasteiger partial charge in [-0.2, -0.15) is 0 Å². The van der Waals surface area contributed by atoms with E-state index in [2.05, 4.69) is 5.32 Å². The van der Waals surface area contributed by atoms with Crippen LogP contribution in [0.25, 0.3) is 0 Å². The van der Waals surface area contributed by atoms with Gasteiger partial charge < -0.3 is 15.2 Å². The molecule has 1 aromatic rings. The van der Waals surface area contributed by atoms with E-state index >= 15 is 0 Å². The van der Waals surface area contributed by atoms with Crippen LogP contribution in [0.15, 0.2) is 18.2 Å².